The van der Waals surface area contributed by atoms with Crippen LogP contribution in [0.4, 0.5) is 11.5 Å². The highest BCUT2D eigenvalue weighted by Crippen LogP contribution is 2.49. The summed E-state index contributed by atoms with van der Waals surface area (Å²) >= 11 is 1.71. The van der Waals surface area contributed by atoms with Gasteiger partial charge in [-0.3, -0.25) is 4.99 Å². The van der Waals surface area contributed by atoms with Gasteiger partial charge in [0.05, 0.1) is 17.2 Å². The highest BCUT2D eigenvalue weighted by molar-refractivity contribution is 8.04. The lowest BCUT2D eigenvalue weighted by Gasteiger charge is -2.37. The van der Waals surface area contributed by atoms with E-state index in [-0.39, 0.29) is 5.41 Å². The summed E-state index contributed by atoms with van der Waals surface area (Å²) in [5, 5.41) is 7.70. The minimum absolute atomic E-state index is 0.175. The van der Waals surface area contributed by atoms with E-state index in [9.17, 15) is 0 Å². The monoisotopic (exact) mass is 365 g/mol. The summed E-state index contributed by atoms with van der Waals surface area (Å²) in [4.78, 5) is 15.0. The Morgan fingerprint density at radius 3 is 2.77 bits per heavy atom. The second kappa shape index (κ2) is 6.76. The first-order valence-electron chi connectivity index (χ1n) is 8.84. The van der Waals surface area contributed by atoms with Crippen molar-refractivity contribution in [3.8, 4) is 0 Å². The molecule has 5 nitrogen and oxygen atoms in total. The Bertz CT molecular complexity index is 886. The predicted octanol–water partition coefficient (Wildman–Crippen LogP) is 4.71. The van der Waals surface area contributed by atoms with Gasteiger partial charge in [0.2, 0.25) is 0 Å². The Hall–Kier alpha value is -2.34. The Morgan fingerprint density at radius 2 is 2.00 bits per heavy atom. The summed E-state index contributed by atoms with van der Waals surface area (Å²) in [6.45, 7) is 5.32. The summed E-state index contributed by atoms with van der Waals surface area (Å²) in [6, 6.07) is 10.4. The molecule has 2 aliphatic rings. The number of anilines is 2. The molecule has 1 aromatic heterocycles. The molecule has 134 valence electrons. The van der Waals surface area contributed by atoms with Crippen molar-refractivity contribution in [1.82, 2.24) is 9.97 Å². The third-order valence-electron chi connectivity index (χ3n) is 4.66. The highest BCUT2D eigenvalue weighted by Gasteiger charge is 2.35. The van der Waals surface area contributed by atoms with Gasteiger partial charge in [0.1, 0.15) is 17.0 Å². The summed E-state index contributed by atoms with van der Waals surface area (Å²) in [5.41, 5.74) is 4.79. The fourth-order valence-electron chi connectivity index (χ4n) is 3.44. The number of hydrogen-bond acceptors (Lipinski definition) is 6. The molecule has 0 saturated carbocycles. The van der Waals surface area contributed by atoms with Crippen LogP contribution in [0.3, 0.4) is 0 Å². The van der Waals surface area contributed by atoms with Crippen LogP contribution in [0.2, 0.25) is 0 Å². The molecule has 4 rings (SSSR count). The molecular weight excluding hydrogens is 342 g/mol. The van der Waals surface area contributed by atoms with Gasteiger partial charge in [0.25, 0.3) is 0 Å². The van der Waals surface area contributed by atoms with E-state index in [4.69, 9.17) is 4.99 Å². The van der Waals surface area contributed by atoms with Crippen LogP contribution in [0.1, 0.15) is 32.3 Å². The molecule has 0 spiro atoms. The van der Waals surface area contributed by atoms with Crippen LogP contribution < -0.4 is 10.6 Å². The van der Waals surface area contributed by atoms with Crippen molar-refractivity contribution in [2.24, 2.45) is 10.4 Å². The molecule has 0 fully saturated rings. The van der Waals surface area contributed by atoms with Crippen LogP contribution in [-0.4, -0.2) is 22.7 Å². The van der Waals surface area contributed by atoms with Crippen LogP contribution in [0.25, 0.3) is 0 Å². The normalized spacial score (nSPS) is 19.6. The van der Waals surface area contributed by atoms with Gasteiger partial charge in [-0.05, 0) is 23.8 Å². The van der Waals surface area contributed by atoms with Gasteiger partial charge < -0.3 is 10.6 Å². The maximum absolute atomic E-state index is 4.99. The molecule has 1 aromatic carbocycles. The minimum atomic E-state index is 0.175. The fourth-order valence-corrected chi connectivity index (χ4v) is 4.49. The molecule has 26 heavy (non-hydrogen) atoms. The third kappa shape index (κ3) is 3.33. The van der Waals surface area contributed by atoms with Gasteiger partial charge in [-0.15, -0.1) is 0 Å². The molecule has 2 heterocycles. The Balaban J connectivity index is 1.70. The molecule has 0 radical (unpaired) electrons. The van der Waals surface area contributed by atoms with Gasteiger partial charge in [0.15, 0.2) is 5.82 Å². The average Bonchev–Trinajstić information content (AvgIpc) is 2.64. The second-order valence-electron chi connectivity index (χ2n) is 7.45. The van der Waals surface area contributed by atoms with E-state index in [1.807, 2.05) is 13.1 Å². The van der Waals surface area contributed by atoms with Gasteiger partial charge in [-0.1, -0.05) is 55.9 Å². The Morgan fingerprint density at radius 1 is 1.19 bits per heavy atom. The molecule has 1 aliphatic heterocycles. The van der Waals surface area contributed by atoms with Crippen molar-refractivity contribution in [2.75, 3.05) is 17.7 Å². The molecule has 0 bridgehead atoms. The largest absolute Gasteiger partial charge is 0.371 e. The molecule has 6 heteroatoms. The minimum Gasteiger partial charge on any atom is -0.371 e. The molecule has 2 N–H and O–H groups in total. The summed E-state index contributed by atoms with van der Waals surface area (Å²) < 4.78 is 0. The maximum atomic E-state index is 4.99. The van der Waals surface area contributed by atoms with E-state index < -0.39 is 0 Å². The molecule has 0 amide bonds. The SMILES string of the molecule is CNc1ncnc2c1NC1=C(S2)C(=NCc2ccccc2)CC(C)(C)C1. The molecule has 0 unspecified atom stereocenters. The smallest absolute Gasteiger partial charge is 0.154 e. The quantitative estimate of drug-likeness (QED) is 0.772. The van der Waals surface area contributed by atoms with E-state index in [0.29, 0.717) is 6.54 Å². The number of fused-ring (bicyclic) bond motifs is 1. The maximum Gasteiger partial charge on any atom is 0.154 e. The average molecular weight is 366 g/mol. The Labute approximate surface area is 158 Å². The number of aromatic nitrogens is 2. The number of aliphatic imine (C=N–C) groups is 1. The first-order valence-corrected chi connectivity index (χ1v) is 9.66. The van der Waals surface area contributed by atoms with Crippen molar-refractivity contribution in [3.63, 3.8) is 0 Å². The number of hydrogen-bond donors (Lipinski definition) is 2. The number of nitrogens with one attached hydrogen (secondary N) is 2. The van der Waals surface area contributed by atoms with Gasteiger partial charge in [-0.25, -0.2) is 9.97 Å². The van der Waals surface area contributed by atoms with Crippen molar-refractivity contribution in [1.29, 1.82) is 0 Å². The topological polar surface area (TPSA) is 62.2 Å². The van der Waals surface area contributed by atoms with E-state index in [1.54, 1.807) is 18.1 Å². The van der Waals surface area contributed by atoms with Gasteiger partial charge in [-0.2, -0.15) is 0 Å². The lowest BCUT2D eigenvalue weighted by Crippen LogP contribution is -2.29. The van der Waals surface area contributed by atoms with Crippen molar-refractivity contribution in [2.45, 2.75) is 38.3 Å². The zero-order valence-corrected chi connectivity index (χ0v) is 16.2. The van der Waals surface area contributed by atoms with Crippen molar-refractivity contribution >= 4 is 29.0 Å². The highest BCUT2D eigenvalue weighted by atomic mass is 32.2. The summed E-state index contributed by atoms with van der Waals surface area (Å²) in [5.74, 6) is 0.834. The lowest BCUT2D eigenvalue weighted by atomic mass is 9.78. The van der Waals surface area contributed by atoms with Crippen LogP contribution in [0.15, 0.2) is 57.3 Å². The lowest BCUT2D eigenvalue weighted by molar-refractivity contribution is 0.373. The van der Waals surface area contributed by atoms with Crippen molar-refractivity contribution in [3.05, 3.63) is 52.8 Å². The first kappa shape index (κ1) is 17.1. The Kier molecular flexibility index (Phi) is 4.44. The van der Waals surface area contributed by atoms with E-state index in [2.05, 4.69) is 58.7 Å². The van der Waals surface area contributed by atoms with Crippen LogP contribution in [-0.2, 0) is 6.54 Å². The summed E-state index contributed by atoms with van der Waals surface area (Å²) in [7, 11) is 1.89. The third-order valence-corrected chi connectivity index (χ3v) is 5.85. The van der Waals surface area contributed by atoms with Gasteiger partial charge >= 0.3 is 0 Å². The van der Waals surface area contributed by atoms with E-state index in [0.717, 1.165) is 29.4 Å². The zero-order valence-electron chi connectivity index (χ0n) is 15.3. The van der Waals surface area contributed by atoms with Crippen molar-refractivity contribution < 1.29 is 0 Å². The standard InChI is InChI=1S/C20H23N5S/c1-20(2)9-14(22-11-13-7-5-4-6-8-13)17-15(10-20)25-16-18(21-3)23-12-24-19(16)26-17/h4-8,12,25H,9-11H2,1-3H3,(H,21,23,24). The van der Waals surface area contributed by atoms with Gasteiger partial charge in [0, 0.05) is 12.7 Å². The summed E-state index contributed by atoms with van der Waals surface area (Å²) in [6.07, 6.45) is 3.59. The number of nitrogens with zero attached hydrogens (tertiary/aromatic N) is 3. The van der Waals surface area contributed by atoms with Crippen LogP contribution in [0.5, 0.6) is 0 Å². The number of allylic oxidation sites excluding steroid dienone is 2. The molecular formula is C20H23N5S. The first-order chi connectivity index (χ1) is 12.6. The fraction of sp³-hybridized carbons (Fsp3) is 0.350. The van der Waals surface area contributed by atoms with E-state index in [1.165, 1.54) is 21.9 Å². The number of thioether (sulfide) groups is 1. The van der Waals surface area contributed by atoms with E-state index >= 15 is 0 Å². The zero-order chi connectivity index (χ0) is 18.1. The molecule has 1 aliphatic carbocycles. The molecule has 2 aromatic rings. The van der Waals surface area contributed by atoms with Crippen LogP contribution >= 0.6 is 11.8 Å². The number of rotatable bonds is 3. The predicted molar refractivity (Wildman–Crippen MR) is 109 cm³/mol. The molecule has 0 atom stereocenters. The molecule has 0 saturated heterocycles. The second-order valence-corrected chi connectivity index (χ2v) is 8.45. The van der Waals surface area contributed by atoms with Crippen LogP contribution in [0, 0.1) is 5.41 Å². The number of benzene rings is 1.